The lowest BCUT2D eigenvalue weighted by Crippen LogP contribution is -2.27. The van der Waals surface area contributed by atoms with Gasteiger partial charge < -0.3 is 14.6 Å². The molecule has 1 aromatic carbocycles. The number of aromatic nitrogens is 2. The quantitative estimate of drug-likeness (QED) is 0.512. The number of carbonyl (C=O) groups excluding carboxylic acids is 1. The van der Waals surface area contributed by atoms with Crippen LogP contribution in [0.3, 0.4) is 0 Å². The lowest BCUT2D eigenvalue weighted by molar-refractivity contribution is -0.384. The van der Waals surface area contributed by atoms with Gasteiger partial charge in [0.05, 0.1) is 16.1 Å². The van der Waals surface area contributed by atoms with Crippen LogP contribution in [0.15, 0.2) is 24.3 Å². The first-order valence-electron chi connectivity index (χ1n) is 7.42. The molecule has 9 heteroatoms. The van der Waals surface area contributed by atoms with Crippen LogP contribution in [0.4, 0.5) is 10.5 Å². The summed E-state index contributed by atoms with van der Waals surface area (Å²) in [7, 11) is 1.32. The zero-order valence-corrected chi connectivity index (χ0v) is 14.3. The number of benzene rings is 1. The number of carbonyl (C=O) groups is 1. The van der Waals surface area contributed by atoms with Gasteiger partial charge in [0.25, 0.3) is 5.69 Å². The highest BCUT2D eigenvalue weighted by Crippen LogP contribution is 2.26. The van der Waals surface area contributed by atoms with Crippen molar-refractivity contribution in [2.75, 3.05) is 7.11 Å². The maximum Gasteiger partial charge on any atom is 0.435 e. The molecular formula is C16H19N3O6. The van der Waals surface area contributed by atoms with Crippen LogP contribution < -0.4 is 0 Å². The number of nitrogens with zero attached hydrogens (tertiary/aromatic N) is 3. The minimum atomic E-state index is -1.17. The first kappa shape index (κ1) is 18.6. The van der Waals surface area contributed by atoms with E-state index in [1.807, 2.05) is 0 Å². The second-order valence-corrected chi connectivity index (χ2v) is 6.22. The topological polar surface area (TPSA) is 117 Å². The molecule has 0 radical (unpaired) electrons. The maximum atomic E-state index is 12.3. The number of fused-ring (bicyclic) bond motifs is 1. The third kappa shape index (κ3) is 4.40. The van der Waals surface area contributed by atoms with Gasteiger partial charge in [-0.15, -0.1) is 0 Å². The summed E-state index contributed by atoms with van der Waals surface area (Å²) in [5.41, 5.74) is -0.247. The fourth-order valence-corrected chi connectivity index (χ4v) is 2.06. The second-order valence-electron chi connectivity index (χ2n) is 6.22. The number of non-ortho nitro benzene ring substituents is 1. The summed E-state index contributed by atoms with van der Waals surface area (Å²) in [6.07, 6.45) is 0.847. The average molecular weight is 349 g/mol. The summed E-state index contributed by atoms with van der Waals surface area (Å²) in [5.74, 6) is 0. The zero-order chi connectivity index (χ0) is 18.8. The zero-order valence-electron chi connectivity index (χ0n) is 14.3. The van der Waals surface area contributed by atoms with Gasteiger partial charge in [-0.05, 0) is 39.0 Å². The van der Waals surface area contributed by atoms with Crippen molar-refractivity contribution >= 4 is 28.8 Å². The predicted octanol–water partition coefficient (Wildman–Crippen LogP) is 2.71. The Morgan fingerprint density at radius 2 is 2.12 bits per heavy atom. The standard InChI is InChI=1S/C16H19N3O6/c1-16(2,3)25-15(21)18-13-7-5-10(19(22)23)9-11(13)12(17-18)6-8-14(20)24-4/h5-9,14,20H,1-4H3/b8-6+. The van der Waals surface area contributed by atoms with E-state index < -0.39 is 22.9 Å². The summed E-state index contributed by atoms with van der Waals surface area (Å²) in [4.78, 5) is 22.8. The van der Waals surface area contributed by atoms with Gasteiger partial charge in [-0.1, -0.05) is 0 Å². The van der Waals surface area contributed by atoms with E-state index in [-0.39, 0.29) is 11.4 Å². The maximum absolute atomic E-state index is 12.3. The molecule has 134 valence electrons. The van der Waals surface area contributed by atoms with Gasteiger partial charge in [-0.25, -0.2) is 4.79 Å². The number of methoxy groups -OCH3 is 1. The molecule has 1 heterocycles. The Morgan fingerprint density at radius 1 is 1.44 bits per heavy atom. The number of ether oxygens (including phenoxy) is 2. The monoisotopic (exact) mass is 349 g/mol. The van der Waals surface area contributed by atoms with Crippen LogP contribution in [0, 0.1) is 10.1 Å². The molecule has 0 aliphatic heterocycles. The number of hydrogen-bond acceptors (Lipinski definition) is 7. The molecule has 0 bridgehead atoms. The van der Waals surface area contributed by atoms with Gasteiger partial charge in [0.2, 0.25) is 0 Å². The van der Waals surface area contributed by atoms with Crippen LogP contribution in [0.5, 0.6) is 0 Å². The fraction of sp³-hybridized carbons (Fsp3) is 0.375. The Kier molecular flexibility index (Phi) is 5.19. The first-order valence-corrected chi connectivity index (χ1v) is 7.42. The van der Waals surface area contributed by atoms with Crippen molar-refractivity contribution in [3.8, 4) is 0 Å². The molecular weight excluding hydrogens is 330 g/mol. The van der Waals surface area contributed by atoms with Crippen molar-refractivity contribution in [2.45, 2.75) is 32.7 Å². The normalized spacial score (nSPS) is 13.3. The minimum Gasteiger partial charge on any atom is -0.442 e. The van der Waals surface area contributed by atoms with Crippen LogP contribution >= 0.6 is 0 Å². The van der Waals surface area contributed by atoms with Crippen LogP contribution in [0.1, 0.15) is 26.5 Å². The molecule has 1 aromatic heterocycles. The van der Waals surface area contributed by atoms with Crippen molar-refractivity contribution < 1.29 is 24.3 Å². The summed E-state index contributed by atoms with van der Waals surface area (Å²) < 4.78 is 11.0. The van der Waals surface area contributed by atoms with Gasteiger partial charge in [-0.2, -0.15) is 9.78 Å². The molecule has 1 N–H and O–H groups in total. The van der Waals surface area contributed by atoms with Gasteiger partial charge in [-0.3, -0.25) is 10.1 Å². The Balaban J connectivity index is 2.58. The number of rotatable bonds is 4. The number of hydrogen-bond donors (Lipinski definition) is 1. The Morgan fingerprint density at radius 3 is 2.68 bits per heavy atom. The smallest absolute Gasteiger partial charge is 0.435 e. The highest BCUT2D eigenvalue weighted by molar-refractivity contribution is 5.94. The van der Waals surface area contributed by atoms with Crippen LogP contribution in [0.25, 0.3) is 17.0 Å². The second kappa shape index (κ2) is 6.99. The SMILES string of the molecule is COC(O)/C=C/c1nn(C(=O)OC(C)(C)C)c2ccc([N+](=O)[O-])cc12. The van der Waals surface area contributed by atoms with Gasteiger partial charge in [0, 0.05) is 24.6 Å². The van der Waals surface area contributed by atoms with Crippen molar-refractivity contribution in [1.29, 1.82) is 0 Å². The highest BCUT2D eigenvalue weighted by atomic mass is 16.6. The van der Waals surface area contributed by atoms with Crippen molar-refractivity contribution in [3.05, 3.63) is 40.1 Å². The average Bonchev–Trinajstić information content (AvgIpc) is 2.89. The minimum absolute atomic E-state index is 0.141. The van der Waals surface area contributed by atoms with Gasteiger partial charge in [0.1, 0.15) is 5.60 Å². The third-order valence-corrected chi connectivity index (χ3v) is 3.13. The molecule has 0 amide bonds. The molecule has 0 aliphatic rings. The summed E-state index contributed by atoms with van der Waals surface area (Å²) in [5, 5.41) is 25.0. The Bertz CT molecular complexity index is 834. The van der Waals surface area contributed by atoms with Crippen molar-refractivity contribution in [3.63, 3.8) is 0 Å². The lowest BCUT2D eigenvalue weighted by Gasteiger charge is -2.19. The van der Waals surface area contributed by atoms with E-state index in [1.165, 1.54) is 37.5 Å². The lowest BCUT2D eigenvalue weighted by atomic mass is 10.2. The van der Waals surface area contributed by atoms with Crippen LogP contribution in [-0.2, 0) is 9.47 Å². The summed E-state index contributed by atoms with van der Waals surface area (Å²) >= 11 is 0. The molecule has 1 unspecified atom stereocenters. The predicted molar refractivity (Wildman–Crippen MR) is 90.1 cm³/mol. The number of aliphatic hydroxyl groups excluding tert-OH is 1. The molecule has 0 saturated carbocycles. The largest absolute Gasteiger partial charge is 0.442 e. The van der Waals surface area contributed by atoms with Gasteiger partial charge in [0.15, 0.2) is 6.29 Å². The van der Waals surface area contributed by atoms with Crippen LogP contribution in [-0.4, -0.2) is 44.9 Å². The molecule has 25 heavy (non-hydrogen) atoms. The van der Waals surface area contributed by atoms with E-state index in [4.69, 9.17) is 9.47 Å². The fourth-order valence-electron chi connectivity index (χ4n) is 2.06. The molecule has 2 aromatic rings. The van der Waals surface area contributed by atoms with Crippen LogP contribution in [0.2, 0.25) is 0 Å². The molecule has 0 spiro atoms. The summed E-state index contributed by atoms with van der Waals surface area (Å²) in [6.45, 7) is 5.16. The molecule has 0 aliphatic carbocycles. The van der Waals surface area contributed by atoms with E-state index in [1.54, 1.807) is 20.8 Å². The van der Waals surface area contributed by atoms with E-state index >= 15 is 0 Å². The summed E-state index contributed by atoms with van der Waals surface area (Å²) in [6, 6.07) is 4.01. The first-order chi connectivity index (χ1) is 11.6. The molecule has 2 rings (SSSR count). The molecule has 0 saturated heterocycles. The van der Waals surface area contributed by atoms with Gasteiger partial charge >= 0.3 is 6.09 Å². The Hall–Kier alpha value is -2.78. The highest BCUT2D eigenvalue weighted by Gasteiger charge is 2.22. The molecule has 9 nitrogen and oxygen atoms in total. The van der Waals surface area contributed by atoms with E-state index in [0.717, 1.165) is 4.68 Å². The van der Waals surface area contributed by atoms with E-state index in [0.29, 0.717) is 10.9 Å². The van der Waals surface area contributed by atoms with E-state index in [2.05, 4.69) is 5.10 Å². The van der Waals surface area contributed by atoms with E-state index in [9.17, 15) is 20.0 Å². The number of nitro benzene ring substituents is 1. The van der Waals surface area contributed by atoms with Crippen molar-refractivity contribution in [2.24, 2.45) is 0 Å². The molecule has 1 atom stereocenters. The number of aliphatic hydroxyl groups is 1. The molecule has 0 fully saturated rings. The third-order valence-electron chi connectivity index (χ3n) is 3.13. The Labute approximate surface area is 143 Å². The van der Waals surface area contributed by atoms with Crippen molar-refractivity contribution in [1.82, 2.24) is 9.78 Å². The number of nitro groups is 1.